The van der Waals surface area contributed by atoms with Gasteiger partial charge in [0.05, 0.1) is 6.61 Å². The molecule has 1 N–H and O–H groups in total. The van der Waals surface area contributed by atoms with E-state index in [1.807, 2.05) is 0 Å². The van der Waals surface area contributed by atoms with E-state index in [0.717, 1.165) is 31.0 Å². The lowest BCUT2D eigenvalue weighted by atomic mass is 9.78. The third-order valence-corrected chi connectivity index (χ3v) is 3.82. The molecule has 0 aromatic heterocycles. The molecule has 0 heterocycles. The molecule has 2 unspecified atom stereocenters. The van der Waals surface area contributed by atoms with Gasteiger partial charge in [-0.05, 0) is 31.2 Å². The van der Waals surface area contributed by atoms with Crippen molar-refractivity contribution in [2.45, 2.75) is 52.6 Å². The first-order chi connectivity index (χ1) is 8.54. The Bertz CT molecular complexity index is 219. The van der Waals surface area contributed by atoms with Gasteiger partial charge in [-0.3, -0.25) is 4.90 Å². The predicted molar refractivity (Wildman–Crippen MR) is 77.9 cm³/mol. The van der Waals surface area contributed by atoms with Crippen LogP contribution >= 0.6 is 0 Å². The number of ether oxygens (including phenoxy) is 1. The van der Waals surface area contributed by atoms with Gasteiger partial charge in [0.1, 0.15) is 0 Å². The van der Waals surface area contributed by atoms with E-state index in [4.69, 9.17) is 4.74 Å². The summed E-state index contributed by atoms with van der Waals surface area (Å²) < 4.78 is 5.25. The van der Waals surface area contributed by atoms with Gasteiger partial charge >= 0.3 is 0 Å². The number of hydrogen-bond donors (Lipinski definition) is 1. The van der Waals surface area contributed by atoms with Crippen LogP contribution in [0, 0.1) is 11.8 Å². The van der Waals surface area contributed by atoms with Crippen LogP contribution in [0.5, 0.6) is 0 Å². The van der Waals surface area contributed by atoms with Crippen molar-refractivity contribution < 1.29 is 4.74 Å². The highest BCUT2D eigenvalue weighted by molar-refractivity contribution is 4.90. The lowest BCUT2D eigenvalue weighted by molar-refractivity contribution is 0.0314. The number of rotatable bonds is 9. The van der Waals surface area contributed by atoms with E-state index in [9.17, 15) is 0 Å². The van der Waals surface area contributed by atoms with Crippen molar-refractivity contribution in [2.24, 2.45) is 11.8 Å². The van der Waals surface area contributed by atoms with Crippen LogP contribution in [0.15, 0.2) is 0 Å². The van der Waals surface area contributed by atoms with Crippen LogP contribution in [-0.2, 0) is 4.74 Å². The average Bonchev–Trinajstić information content (AvgIpc) is 2.23. The van der Waals surface area contributed by atoms with Gasteiger partial charge in [0.15, 0.2) is 0 Å². The summed E-state index contributed by atoms with van der Waals surface area (Å²) in [5.41, 5.74) is 0. The fourth-order valence-electron chi connectivity index (χ4n) is 2.73. The normalized spacial score (nSPS) is 24.0. The molecule has 1 fully saturated rings. The summed E-state index contributed by atoms with van der Waals surface area (Å²) in [4.78, 5) is 2.64. The molecule has 0 radical (unpaired) electrons. The Labute approximate surface area is 113 Å². The van der Waals surface area contributed by atoms with Gasteiger partial charge in [-0.2, -0.15) is 0 Å². The second-order valence-corrected chi connectivity index (χ2v) is 6.35. The molecule has 3 nitrogen and oxygen atoms in total. The lowest BCUT2D eigenvalue weighted by Crippen LogP contribution is -2.53. The molecule has 1 aliphatic rings. The first-order valence-corrected chi connectivity index (χ1v) is 7.51. The maximum Gasteiger partial charge on any atom is 0.0589 e. The third kappa shape index (κ3) is 5.25. The minimum absolute atomic E-state index is 0.601. The van der Waals surface area contributed by atoms with Crippen LogP contribution in [0.1, 0.15) is 40.5 Å². The topological polar surface area (TPSA) is 24.5 Å². The van der Waals surface area contributed by atoms with Crippen molar-refractivity contribution in [3.63, 3.8) is 0 Å². The fourth-order valence-corrected chi connectivity index (χ4v) is 2.73. The van der Waals surface area contributed by atoms with Crippen molar-refractivity contribution in [2.75, 3.05) is 33.4 Å². The smallest absolute Gasteiger partial charge is 0.0589 e. The Balaban J connectivity index is 2.40. The van der Waals surface area contributed by atoms with Crippen LogP contribution in [0.4, 0.5) is 0 Å². The van der Waals surface area contributed by atoms with Gasteiger partial charge in [0.25, 0.3) is 0 Å². The molecule has 0 aromatic carbocycles. The van der Waals surface area contributed by atoms with Crippen molar-refractivity contribution in [3.05, 3.63) is 0 Å². The second kappa shape index (κ2) is 8.13. The van der Waals surface area contributed by atoms with Crippen LogP contribution < -0.4 is 5.32 Å². The molecule has 2 atom stereocenters. The molecule has 1 saturated carbocycles. The van der Waals surface area contributed by atoms with E-state index >= 15 is 0 Å². The Morgan fingerprint density at radius 2 is 1.94 bits per heavy atom. The highest BCUT2D eigenvalue weighted by atomic mass is 16.5. The first-order valence-electron chi connectivity index (χ1n) is 7.51. The van der Waals surface area contributed by atoms with Gasteiger partial charge in [0.2, 0.25) is 0 Å². The SMILES string of the molecule is COCCN(CC(C)C)C1CCC1CNC(C)C. The van der Waals surface area contributed by atoms with Crippen molar-refractivity contribution in [3.8, 4) is 0 Å². The molecular weight excluding hydrogens is 224 g/mol. The summed E-state index contributed by atoms with van der Waals surface area (Å²) in [6.45, 7) is 13.4. The zero-order valence-corrected chi connectivity index (χ0v) is 12.9. The maximum atomic E-state index is 5.25. The Morgan fingerprint density at radius 3 is 2.39 bits per heavy atom. The summed E-state index contributed by atoms with van der Waals surface area (Å²) in [6.07, 6.45) is 2.74. The molecule has 1 rings (SSSR count). The highest BCUT2D eigenvalue weighted by Gasteiger charge is 2.35. The second-order valence-electron chi connectivity index (χ2n) is 6.35. The number of nitrogens with zero attached hydrogens (tertiary/aromatic N) is 1. The summed E-state index contributed by atoms with van der Waals surface area (Å²) in [5.74, 6) is 1.57. The zero-order valence-electron chi connectivity index (χ0n) is 12.9. The maximum absolute atomic E-state index is 5.25. The van der Waals surface area contributed by atoms with E-state index in [2.05, 4.69) is 37.9 Å². The van der Waals surface area contributed by atoms with Crippen LogP contribution in [0.2, 0.25) is 0 Å². The Morgan fingerprint density at radius 1 is 1.22 bits per heavy atom. The van der Waals surface area contributed by atoms with E-state index in [0.29, 0.717) is 6.04 Å². The molecule has 0 amide bonds. The van der Waals surface area contributed by atoms with E-state index in [-0.39, 0.29) is 0 Å². The minimum atomic E-state index is 0.601. The molecule has 108 valence electrons. The summed E-state index contributed by atoms with van der Waals surface area (Å²) in [6, 6.07) is 1.37. The van der Waals surface area contributed by atoms with Gasteiger partial charge in [-0.15, -0.1) is 0 Å². The van der Waals surface area contributed by atoms with E-state index < -0.39 is 0 Å². The lowest BCUT2D eigenvalue weighted by Gasteiger charge is -2.45. The molecule has 18 heavy (non-hydrogen) atoms. The number of hydrogen-bond acceptors (Lipinski definition) is 3. The molecule has 3 heteroatoms. The zero-order chi connectivity index (χ0) is 13.5. The third-order valence-electron chi connectivity index (χ3n) is 3.82. The van der Waals surface area contributed by atoms with Gasteiger partial charge in [-0.1, -0.05) is 27.7 Å². The van der Waals surface area contributed by atoms with Crippen LogP contribution in [-0.4, -0.2) is 50.3 Å². The fraction of sp³-hybridized carbons (Fsp3) is 1.00. The Hall–Kier alpha value is -0.120. The molecule has 0 bridgehead atoms. The van der Waals surface area contributed by atoms with Crippen molar-refractivity contribution in [1.29, 1.82) is 0 Å². The quantitative estimate of drug-likeness (QED) is 0.685. The molecule has 0 aliphatic heterocycles. The average molecular weight is 256 g/mol. The first kappa shape index (κ1) is 15.9. The molecule has 1 aliphatic carbocycles. The molecule has 0 spiro atoms. The summed E-state index contributed by atoms with van der Waals surface area (Å²) >= 11 is 0. The summed E-state index contributed by atoms with van der Waals surface area (Å²) in [5, 5.41) is 3.58. The Kier molecular flexibility index (Phi) is 7.20. The molecule has 0 saturated heterocycles. The van der Waals surface area contributed by atoms with Crippen molar-refractivity contribution in [1.82, 2.24) is 10.2 Å². The van der Waals surface area contributed by atoms with E-state index in [1.54, 1.807) is 7.11 Å². The van der Waals surface area contributed by atoms with E-state index in [1.165, 1.54) is 25.9 Å². The van der Waals surface area contributed by atoms with Gasteiger partial charge in [-0.25, -0.2) is 0 Å². The molecular formula is C15H32N2O. The van der Waals surface area contributed by atoms with Crippen LogP contribution in [0.3, 0.4) is 0 Å². The monoisotopic (exact) mass is 256 g/mol. The number of methoxy groups -OCH3 is 1. The van der Waals surface area contributed by atoms with Gasteiger partial charge < -0.3 is 10.1 Å². The number of nitrogens with one attached hydrogen (secondary N) is 1. The molecule has 0 aromatic rings. The minimum Gasteiger partial charge on any atom is -0.383 e. The van der Waals surface area contributed by atoms with Crippen LogP contribution in [0.25, 0.3) is 0 Å². The van der Waals surface area contributed by atoms with Gasteiger partial charge in [0, 0.05) is 32.3 Å². The highest BCUT2D eigenvalue weighted by Crippen LogP contribution is 2.32. The predicted octanol–water partition coefficient (Wildman–Crippen LogP) is 2.37. The summed E-state index contributed by atoms with van der Waals surface area (Å²) in [7, 11) is 1.80. The standard InChI is InChI=1S/C15H32N2O/c1-12(2)11-17(8-9-18-5)15-7-6-14(15)10-16-13(3)4/h12-16H,6-11H2,1-5H3. The largest absolute Gasteiger partial charge is 0.383 e. The van der Waals surface area contributed by atoms with Crippen molar-refractivity contribution >= 4 is 0 Å².